The zero-order valence-electron chi connectivity index (χ0n) is 17.8. The molecule has 1 atom stereocenters. The second-order valence-electron chi connectivity index (χ2n) is 7.10. The van der Waals surface area contributed by atoms with Gasteiger partial charge < -0.3 is 10.4 Å². The second kappa shape index (κ2) is 12.2. The van der Waals surface area contributed by atoms with Gasteiger partial charge in [-0.25, -0.2) is 4.68 Å². The minimum absolute atomic E-state index is 0.236. The molecule has 1 aromatic heterocycles. The van der Waals surface area contributed by atoms with E-state index in [1.807, 2.05) is 37.3 Å². The zero-order valence-corrected chi connectivity index (χ0v) is 20.9. The smallest absolute Gasteiger partial charge is 0.305 e. The molecule has 178 valence electrons. The number of carboxylic acid groups (broad SMARTS) is 1. The van der Waals surface area contributed by atoms with Crippen LogP contribution in [0.15, 0.2) is 52.5 Å². The van der Waals surface area contributed by atoms with Crippen LogP contribution in [0.4, 0.5) is 4.79 Å². The predicted octanol–water partition coefficient (Wildman–Crippen LogP) is 4.49. The highest BCUT2D eigenvalue weighted by molar-refractivity contribution is 8.12. The molecule has 0 bridgehead atoms. The molecule has 0 aliphatic rings. The number of aryl methyl sites for hydroxylation is 1. The lowest BCUT2D eigenvalue weighted by atomic mass is 10.1. The van der Waals surface area contributed by atoms with Crippen LogP contribution in [0.25, 0.3) is 0 Å². The molecule has 1 heterocycles. The fraction of sp³-hybridized carbons (Fsp3) is 0.238. The van der Waals surface area contributed by atoms with Gasteiger partial charge in [-0.05, 0) is 52.4 Å². The van der Waals surface area contributed by atoms with Crippen LogP contribution >= 0.6 is 46.7 Å². The normalized spacial score (nSPS) is 11.7. The van der Waals surface area contributed by atoms with Crippen molar-refractivity contribution in [2.24, 2.45) is 0 Å². The average molecular weight is 540 g/mol. The van der Waals surface area contributed by atoms with Gasteiger partial charge in [0.05, 0.1) is 21.4 Å². The number of tetrazole rings is 1. The second-order valence-corrected chi connectivity index (χ2v) is 9.84. The van der Waals surface area contributed by atoms with Gasteiger partial charge in [0.2, 0.25) is 5.16 Å². The van der Waals surface area contributed by atoms with E-state index in [9.17, 15) is 19.5 Å². The van der Waals surface area contributed by atoms with Crippen molar-refractivity contribution >= 4 is 63.7 Å². The number of rotatable bonds is 10. The molecule has 0 saturated heterocycles. The van der Waals surface area contributed by atoms with Crippen molar-refractivity contribution in [3.05, 3.63) is 63.6 Å². The lowest BCUT2D eigenvalue weighted by Crippen LogP contribution is -2.42. The van der Waals surface area contributed by atoms with Crippen LogP contribution in [-0.4, -0.2) is 48.3 Å². The maximum Gasteiger partial charge on any atom is 0.305 e. The van der Waals surface area contributed by atoms with Crippen LogP contribution in [-0.2, 0) is 21.9 Å². The van der Waals surface area contributed by atoms with Gasteiger partial charge in [-0.3, -0.25) is 14.4 Å². The topological polar surface area (TPSA) is 127 Å². The van der Waals surface area contributed by atoms with Crippen molar-refractivity contribution in [1.82, 2.24) is 25.5 Å². The molecule has 1 amide bonds. The van der Waals surface area contributed by atoms with Gasteiger partial charge in [0.15, 0.2) is 5.78 Å². The van der Waals surface area contributed by atoms with Crippen molar-refractivity contribution in [3.63, 3.8) is 0 Å². The lowest BCUT2D eigenvalue weighted by Gasteiger charge is -2.16. The van der Waals surface area contributed by atoms with E-state index < -0.39 is 29.5 Å². The van der Waals surface area contributed by atoms with E-state index in [4.69, 9.17) is 23.2 Å². The van der Waals surface area contributed by atoms with Crippen molar-refractivity contribution in [1.29, 1.82) is 0 Å². The molecule has 9 nitrogen and oxygen atoms in total. The van der Waals surface area contributed by atoms with Gasteiger partial charge in [-0.2, -0.15) is 0 Å². The molecule has 2 N–H and O–H groups in total. The van der Waals surface area contributed by atoms with Gasteiger partial charge in [0, 0.05) is 5.75 Å². The van der Waals surface area contributed by atoms with Crippen molar-refractivity contribution in [2.45, 2.75) is 41.7 Å². The molecule has 3 aromatic rings. The Bertz CT molecular complexity index is 1170. The van der Waals surface area contributed by atoms with Gasteiger partial charge >= 0.3 is 5.97 Å². The van der Waals surface area contributed by atoms with E-state index in [2.05, 4.69) is 20.8 Å². The molecule has 0 aliphatic carbocycles. The minimum atomic E-state index is -1.25. The summed E-state index contributed by atoms with van der Waals surface area (Å²) in [5.41, 5.74) is 1.80. The Morgan fingerprint density at radius 1 is 1.15 bits per heavy atom. The molecule has 0 radical (unpaired) electrons. The summed E-state index contributed by atoms with van der Waals surface area (Å²) in [6.07, 6.45) is -0.573. The molecule has 0 aliphatic heterocycles. The molecule has 2 aromatic carbocycles. The Morgan fingerprint density at radius 3 is 2.47 bits per heavy atom. The van der Waals surface area contributed by atoms with E-state index in [1.54, 1.807) is 12.1 Å². The largest absolute Gasteiger partial charge is 0.481 e. The van der Waals surface area contributed by atoms with Crippen LogP contribution in [0, 0.1) is 6.92 Å². The van der Waals surface area contributed by atoms with E-state index in [-0.39, 0.29) is 11.7 Å². The number of carbonyl (C=O) groups is 3. The number of nitrogens with zero attached hydrogens (tertiary/aromatic N) is 4. The van der Waals surface area contributed by atoms with E-state index in [1.165, 1.54) is 4.68 Å². The summed E-state index contributed by atoms with van der Waals surface area (Å²) in [5.74, 6) is -1.41. The molecule has 34 heavy (non-hydrogen) atoms. The Balaban J connectivity index is 1.67. The Kier molecular flexibility index (Phi) is 9.34. The maximum absolute atomic E-state index is 12.9. The molecular formula is C21H19Cl2N5O4S2. The molecule has 1 unspecified atom stereocenters. The zero-order chi connectivity index (χ0) is 24.7. The number of amides is 1. The number of carboxylic acids is 1. The first-order chi connectivity index (χ1) is 16.2. The van der Waals surface area contributed by atoms with Crippen LogP contribution in [0.3, 0.4) is 0 Å². The number of hydrogen-bond donors (Lipinski definition) is 2. The highest BCUT2D eigenvalue weighted by atomic mass is 35.5. The Labute approximate surface area is 213 Å². The van der Waals surface area contributed by atoms with E-state index in [0.717, 1.165) is 34.7 Å². The number of hydrogen-bond acceptors (Lipinski definition) is 8. The lowest BCUT2D eigenvalue weighted by molar-refractivity contribution is -0.139. The number of aliphatic carboxylic acids is 1. The SMILES string of the molecule is Cc1cc(Cl)c(Sc2nnnn2CC(=O)C(CC(=O)O)NC(=O)SCc2ccccc2)c(Cl)c1. The Morgan fingerprint density at radius 2 is 1.82 bits per heavy atom. The summed E-state index contributed by atoms with van der Waals surface area (Å²) in [6, 6.07) is 11.5. The maximum atomic E-state index is 12.9. The number of halogens is 2. The predicted molar refractivity (Wildman–Crippen MR) is 130 cm³/mol. The first-order valence-electron chi connectivity index (χ1n) is 9.84. The van der Waals surface area contributed by atoms with Crippen LogP contribution < -0.4 is 5.32 Å². The molecule has 3 rings (SSSR count). The number of Topliss-reactive ketones (excluding diaryl/α,β-unsaturated/α-hetero) is 1. The first kappa shape index (κ1) is 26.0. The fourth-order valence-corrected chi connectivity index (χ4v) is 5.15. The molecular weight excluding hydrogens is 521 g/mol. The summed E-state index contributed by atoms with van der Waals surface area (Å²) in [6.45, 7) is 1.50. The quantitative estimate of drug-likeness (QED) is 0.382. The van der Waals surface area contributed by atoms with E-state index in [0.29, 0.717) is 20.7 Å². The number of aromatic nitrogens is 4. The van der Waals surface area contributed by atoms with Gasteiger partial charge in [0.25, 0.3) is 5.24 Å². The summed E-state index contributed by atoms with van der Waals surface area (Å²) >= 11 is 14.6. The van der Waals surface area contributed by atoms with Gasteiger partial charge in [0.1, 0.15) is 12.6 Å². The Hall–Kier alpha value is -2.60. The van der Waals surface area contributed by atoms with Crippen molar-refractivity contribution in [3.8, 4) is 0 Å². The van der Waals surface area contributed by atoms with Crippen LogP contribution in [0.2, 0.25) is 10.0 Å². The molecule has 0 fully saturated rings. The van der Waals surface area contributed by atoms with Gasteiger partial charge in [-0.15, -0.1) is 5.10 Å². The third-order valence-electron chi connectivity index (χ3n) is 4.41. The first-order valence-corrected chi connectivity index (χ1v) is 12.4. The highest BCUT2D eigenvalue weighted by Crippen LogP contribution is 2.38. The summed E-state index contributed by atoms with van der Waals surface area (Å²) in [5, 5.41) is 23.5. The minimum Gasteiger partial charge on any atom is -0.481 e. The fourth-order valence-electron chi connectivity index (χ4n) is 2.83. The number of benzene rings is 2. The molecule has 0 spiro atoms. The number of thioether (sulfide) groups is 1. The third-order valence-corrected chi connectivity index (χ3v) is 7.21. The van der Waals surface area contributed by atoms with Crippen molar-refractivity contribution < 1.29 is 19.5 Å². The average Bonchev–Trinajstić information content (AvgIpc) is 3.21. The summed E-state index contributed by atoms with van der Waals surface area (Å²) in [7, 11) is 0. The number of ketones is 1. The highest BCUT2D eigenvalue weighted by Gasteiger charge is 2.26. The molecule has 0 saturated carbocycles. The molecule has 13 heteroatoms. The summed E-state index contributed by atoms with van der Waals surface area (Å²) in [4.78, 5) is 37.0. The summed E-state index contributed by atoms with van der Waals surface area (Å²) < 4.78 is 1.21. The standard InChI is InChI=1S/C21H19Cl2N5O4S2/c1-12-7-14(22)19(15(23)8-12)34-20-25-26-27-28(20)10-17(29)16(9-18(30)31)24-21(32)33-11-13-5-3-2-4-6-13/h2-8,16H,9-11H2,1H3,(H,24,32)(H,30,31). The van der Waals surface area contributed by atoms with Crippen molar-refractivity contribution in [2.75, 3.05) is 0 Å². The van der Waals surface area contributed by atoms with Crippen LogP contribution in [0.5, 0.6) is 0 Å². The number of carbonyl (C=O) groups excluding carboxylic acids is 2. The number of nitrogens with one attached hydrogen (secondary N) is 1. The van der Waals surface area contributed by atoms with Crippen LogP contribution in [0.1, 0.15) is 17.5 Å². The van der Waals surface area contributed by atoms with E-state index >= 15 is 0 Å². The monoisotopic (exact) mass is 539 g/mol. The van der Waals surface area contributed by atoms with Gasteiger partial charge in [-0.1, -0.05) is 65.3 Å². The third kappa shape index (κ3) is 7.45.